The Hall–Kier alpha value is -2.31. The lowest BCUT2D eigenvalue weighted by molar-refractivity contribution is 0.0596. The molecule has 0 atom stereocenters. The lowest BCUT2D eigenvalue weighted by Gasteiger charge is -2.05. The molecule has 2 rings (SSSR count). The molecule has 0 saturated heterocycles. The number of hydrogen-bond acceptors (Lipinski definition) is 5. The van der Waals surface area contributed by atoms with Crippen LogP contribution in [0.3, 0.4) is 0 Å². The summed E-state index contributed by atoms with van der Waals surface area (Å²) in [5.41, 5.74) is 6.93. The summed E-state index contributed by atoms with van der Waals surface area (Å²) < 4.78 is 8.19. The molecule has 0 unspecified atom stereocenters. The number of ether oxygens (including phenoxy) is 1. The van der Waals surface area contributed by atoms with Crippen LogP contribution in [0.25, 0.3) is 5.69 Å². The van der Waals surface area contributed by atoms with E-state index in [9.17, 15) is 4.79 Å². The van der Waals surface area contributed by atoms with Crippen molar-refractivity contribution < 1.29 is 9.53 Å². The summed E-state index contributed by atoms with van der Waals surface area (Å²) in [5.74, 6) is 0.446. The number of nitrogens with zero attached hydrogens (tertiary/aromatic N) is 4. The van der Waals surface area contributed by atoms with Gasteiger partial charge in [0.1, 0.15) is 11.6 Å². The van der Waals surface area contributed by atoms with Crippen LogP contribution >= 0.6 is 0 Å². The van der Waals surface area contributed by atoms with Gasteiger partial charge < -0.3 is 10.5 Å². The molecule has 7 nitrogen and oxygen atoms in total. The van der Waals surface area contributed by atoms with Crippen LogP contribution in [0.4, 0.5) is 5.82 Å². The fraction of sp³-hybridized carbons (Fsp3) is 0.417. The van der Waals surface area contributed by atoms with Crippen LogP contribution in [0.5, 0.6) is 0 Å². The van der Waals surface area contributed by atoms with Crippen LogP contribution < -0.4 is 5.73 Å². The van der Waals surface area contributed by atoms with E-state index in [0.717, 1.165) is 12.2 Å². The Bertz CT molecular complexity index is 599. The zero-order valence-corrected chi connectivity index (χ0v) is 11.3. The van der Waals surface area contributed by atoms with Gasteiger partial charge in [-0.25, -0.2) is 9.78 Å². The highest BCUT2D eigenvalue weighted by molar-refractivity contribution is 5.92. The number of hydrogen-bond donors (Lipinski definition) is 1. The molecular formula is C12H17N5O2. The van der Waals surface area contributed by atoms with Crippen molar-refractivity contribution in [3.63, 3.8) is 0 Å². The van der Waals surface area contributed by atoms with Gasteiger partial charge in [0.25, 0.3) is 0 Å². The average molecular weight is 263 g/mol. The molecule has 0 bridgehead atoms. The van der Waals surface area contributed by atoms with Crippen molar-refractivity contribution in [3.8, 4) is 5.69 Å². The highest BCUT2D eigenvalue weighted by Gasteiger charge is 2.21. The van der Waals surface area contributed by atoms with Crippen LogP contribution in [-0.4, -0.2) is 32.4 Å². The van der Waals surface area contributed by atoms with Gasteiger partial charge >= 0.3 is 5.97 Å². The minimum absolute atomic E-state index is 0.142. The van der Waals surface area contributed by atoms with E-state index in [2.05, 4.69) is 14.8 Å². The number of aromatic nitrogens is 4. The normalized spacial score (nSPS) is 10.7. The van der Waals surface area contributed by atoms with Crippen molar-refractivity contribution in [2.75, 3.05) is 12.8 Å². The molecule has 0 fully saturated rings. The second-order valence-electron chi connectivity index (χ2n) is 4.00. The molecule has 0 saturated carbocycles. The van der Waals surface area contributed by atoms with Crippen LogP contribution in [0.1, 0.15) is 30.2 Å². The van der Waals surface area contributed by atoms with Crippen LogP contribution in [0.2, 0.25) is 0 Å². The van der Waals surface area contributed by atoms with Gasteiger partial charge in [-0.15, -0.1) is 0 Å². The number of methoxy groups -OCH3 is 1. The summed E-state index contributed by atoms with van der Waals surface area (Å²) >= 11 is 0. The molecular weight excluding hydrogens is 246 g/mol. The molecule has 0 aliphatic carbocycles. The van der Waals surface area contributed by atoms with Crippen LogP contribution in [0.15, 0.2) is 12.4 Å². The number of imidazole rings is 1. The van der Waals surface area contributed by atoms with E-state index in [0.29, 0.717) is 12.2 Å². The maximum Gasteiger partial charge on any atom is 0.360 e. The maximum absolute atomic E-state index is 11.6. The molecule has 2 heterocycles. The SMILES string of the molecule is CCc1nc(C(=O)OC)c(N)n1-c1cnn(CC)c1. The molecule has 0 amide bonds. The minimum atomic E-state index is -0.533. The van der Waals surface area contributed by atoms with Crippen LogP contribution in [-0.2, 0) is 17.7 Å². The Morgan fingerprint density at radius 1 is 1.47 bits per heavy atom. The number of carbonyl (C=O) groups excluding carboxylic acids is 1. The second kappa shape index (κ2) is 5.13. The Balaban J connectivity index is 2.55. The zero-order chi connectivity index (χ0) is 14.0. The largest absolute Gasteiger partial charge is 0.464 e. The minimum Gasteiger partial charge on any atom is -0.464 e. The van der Waals surface area contributed by atoms with Crippen molar-refractivity contribution >= 4 is 11.8 Å². The predicted molar refractivity (Wildman–Crippen MR) is 70.2 cm³/mol. The lowest BCUT2D eigenvalue weighted by Crippen LogP contribution is -2.07. The van der Waals surface area contributed by atoms with Gasteiger partial charge in [0, 0.05) is 19.2 Å². The standard InChI is InChI=1S/C12H17N5O2/c1-4-9-15-10(12(18)19-3)11(13)17(9)8-6-14-16(5-2)7-8/h6-7H,4-5,13H2,1-3H3. The first-order chi connectivity index (χ1) is 9.12. The number of anilines is 1. The van der Waals surface area contributed by atoms with E-state index >= 15 is 0 Å². The Kier molecular flexibility index (Phi) is 3.55. The van der Waals surface area contributed by atoms with E-state index in [1.165, 1.54) is 7.11 Å². The number of carbonyl (C=O) groups is 1. The van der Waals surface area contributed by atoms with E-state index in [1.54, 1.807) is 15.4 Å². The maximum atomic E-state index is 11.6. The van der Waals surface area contributed by atoms with Crippen LogP contribution in [0, 0.1) is 0 Å². The average Bonchev–Trinajstić information content (AvgIpc) is 3.01. The van der Waals surface area contributed by atoms with Gasteiger partial charge in [-0.1, -0.05) is 6.92 Å². The number of nitrogens with two attached hydrogens (primary N) is 1. The lowest BCUT2D eigenvalue weighted by atomic mass is 10.4. The highest BCUT2D eigenvalue weighted by Crippen LogP contribution is 2.21. The third-order valence-corrected chi connectivity index (χ3v) is 2.88. The first-order valence-electron chi connectivity index (χ1n) is 6.10. The van der Waals surface area contributed by atoms with Gasteiger partial charge in [-0.3, -0.25) is 9.25 Å². The van der Waals surface area contributed by atoms with Gasteiger partial charge in [0.15, 0.2) is 5.69 Å². The number of rotatable bonds is 4. The smallest absolute Gasteiger partial charge is 0.360 e. The highest BCUT2D eigenvalue weighted by atomic mass is 16.5. The van der Waals surface area contributed by atoms with Gasteiger partial charge in [0.05, 0.1) is 19.0 Å². The molecule has 19 heavy (non-hydrogen) atoms. The van der Waals surface area contributed by atoms with Crippen molar-refractivity contribution in [2.45, 2.75) is 26.8 Å². The summed E-state index contributed by atoms with van der Waals surface area (Å²) in [6, 6.07) is 0. The van der Waals surface area contributed by atoms with Crippen molar-refractivity contribution in [2.24, 2.45) is 0 Å². The van der Waals surface area contributed by atoms with Crippen molar-refractivity contribution in [1.82, 2.24) is 19.3 Å². The van der Waals surface area contributed by atoms with E-state index in [4.69, 9.17) is 5.73 Å². The summed E-state index contributed by atoms with van der Waals surface area (Å²) in [4.78, 5) is 15.8. The molecule has 0 aliphatic heterocycles. The quantitative estimate of drug-likeness (QED) is 0.832. The topological polar surface area (TPSA) is 88.0 Å². The molecule has 0 aromatic carbocycles. The molecule has 7 heteroatoms. The molecule has 0 radical (unpaired) electrons. The first-order valence-corrected chi connectivity index (χ1v) is 6.10. The Morgan fingerprint density at radius 2 is 2.21 bits per heavy atom. The summed E-state index contributed by atoms with van der Waals surface area (Å²) in [7, 11) is 1.31. The third-order valence-electron chi connectivity index (χ3n) is 2.88. The van der Waals surface area contributed by atoms with Gasteiger partial charge in [-0.05, 0) is 6.92 Å². The molecule has 0 spiro atoms. The molecule has 0 aliphatic rings. The van der Waals surface area contributed by atoms with Gasteiger partial charge in [-0.2, -0.15) is 5.10 Å². The third kappa shape index (κ3) is 2.18. The van der Waals surface area contributed by atoms with E-state index in [1.807, 2.05) is 20.0 Å². The zero-order valence-electron chi connectivity index (χ0n) is 11.3. The molecule has 2 aromatic heterocycles. The number of aryl methyl sites for hydroxylation is 2. The van der Waals surface area contributed by atoms with E-state index < -0.39 is 5.97 Å². The van der Waals surface area contributed by atoms with Gasteiger partial charge in [0.2, 0.25) is 0 Å². The fourth-order valence-corrected chi connectivity index (χ4v) is 1.89. The predicted octanol–water partition coefficient (Wildman–Crippen LogP) is 1.02. The summed E-state index contributed by atoms with van der Waals surface area (Å²) in [6.07, 6.45) is 4.21. The molecule has 2 N–H and O–H groups in total. The number of esters is 1. The Morgan fingerprint density at radius 3 is 2.74 bits per heavy atom. The van der Waals surface area contributed by atoms with Crippen molar-refractivity contribution in [3.05, 3.63) is 23.9 Å². The van der Waals surface area contributed by atoms with E-state index in [-0.39, 0.29) is 11.5 Å². The monoisotopic (exact) mass is 263 g/mol. The molecule has 2 aromatic rings. The fourth-order valence-electron chi connectivity index (χ4n) is 1.89. The summed E-state index contributed by atoms with van der Waals surface area (Å²) in [6.45, 7) is 4.71. The Labute approximate surface area is 111 Å². The molecule has 102 valence electrons. The summed E-state index contributed by atoms with van der Waals surface area (Å²) in [5, 5.41) is 4.20. The second-order valence-corrected chi connectivity index (χ2v) is 4.00. The number of nitrogen functional groups attached to an aromatic ring is 1. The first kappa shape index (κ1) is 13.1. The van der Waals surface area contributed by atoms with Crippen molar-refractivity contribution in [1.29, 1.82) is 0 Å².